The summed E-state index contributed by atoms with van der Waals surface area (Å²) < 4.78 is 2.00. The number of fused-ring (bicyclic) bond motifs is 1. The Bertz CT molecular complexity index is 668. The molecule has 1 aromatic carbocycles. The van der Waals surface area contributed by atoms with Gasteiger partial charge in [-0.25, -0.2) is 0 Å². The van der Waals surface area contributed by atoms with Crippen LogP contribution < -0.4 is 5.32 Å². The van der Waals surface area contributed by atoms with Gasteiger partial charge in [-0.05, 0) is 11.6 Å². The molecule has 2 heterocycles. The Morgan fingerprint density at radius 1 is 1.45 bits per heavy atom. The second-order valence-electron chi connectivity index (χ2n) is 5.73. The fraction of sp³-hybridized carbons (Fsp3) is 0.438. The molecule has 0 saturated carbocycles. The summed E-state index contributed by atoms with van der Waals surface area (Å²) in [6, 6.07) is 8.15. The number of hydrogen-bond acceptors (Lipinski definition) is 4. The third-order valence-electron chi connectivity index (χ3n) is 3.83. The Morgan fingerprint density at radius 2 is 2.27 bits per heavy atom. The van der Waals surface area contributed by atoms with Crippen LogP contribution >= 0.6 is 11.8 Å². The monoisotopic (exact) mass is 316 g/mol. The summed E-state index contributed by atoms with van der Waals surface area (Å²) in [5.41, 5.74) is 1.15. The third-order valence-corrected chi connectivity index (χ3v) is 5.01. The highest BCUT2D eigenvalue weighted by molar-refractivity contribution is 7.99. The molecule has 1 atom stereocenters. The Kier molecular flexibility index (Phi) is 4.47. The molecule has 3 rings (SSSR count). The van der Waals surface area contributed by atoms with Gasteiger partial charge in [0.25, 0.3) is 0 Å². The van der Waals surface area contributed by atoms with Crippen molar-refractivity contribution in [2.75, 3.05) is 12.3 Å². The van der Waals surface area contributed by atoms with Gasteiger partial charge in [0, 0.05) is 29.7 Å². The van der Waals surface area contributed by atoms with Crippen LogP contribution in [0.2, 0.25) is 0 Å². The van der Waals surface area contributed by atoms with Gasteiger partial charge in [0.1, 0.15) is 12.2 Å². The summed E-state index contributed by atoms with van der Waals surface area (Å²) in [6.07, 6.45) is 1.72. The third kappa shape index (κ3) is 3.02. The molecule has 6 heteroatoms. The van der Waals surface area contributed by atoms with Gasteiger partial charge in [-0.3, -0.25) is 4.79 Å². The summed E-state index contributed by atoms with van der Waals surface area (Å²) >= 11 is 1.76. The topological polar surface area (TPSA) is 59.8 Å². The summed E-state index contributed by atoms with van der Waals surface area (Å²) in [5.74, 6) is 2.19. The summed E-state index contributed by atoms with van der Waals surface area (Å²) in [5, 5.41) is 11.1. The van der Waals surface area contributed by atoms with Crippen LogP contribution in [0.4, 0.5) is 0 Å². The van der Waals surface area contributed by atoms with Gasteiger partial charge in [-0.2, -0.15) is 0 Å². The molecule has 1 amide bonds. The van der Waals surface area contributed by atoms with Gasteiger partial charge in [-0.15, -0.1) is 22.0 Å². The minimum atomic E-state index is -0.0355. The maximum Gasteiger partial charge on any atom is 0.228 e. The minimum Gasteiger partial charge on any atom is -0.354 e. The average molecular weight is 316 g/mol. The molecule has 0 aliphatic carbocycles. The van der Waals surface area contributed by atoms with Gasteiger partial charge < -0.3 is 9.88 Å². The highest BCUT2D eigenvalue weighted by atomic mass is 32.2. The molecule has 2 aromatic rings. The summed E-state index contributed by atoms with van der Waals surface area (Å²) in [7, 11) is 0. The van der Waals surface area contributed by atoms with Gasteiger partial charge in [0.15, 0.2) is 0 Å². The SMILES string of the molecule is CC(C)c1nncn1CCNC(=O)[C@@H]1CSc2ccccc21. The second-order valence-corrected chi connectivity index (χ2v) is 6.79. The van der Waals surface area contributed by atoms with Crippen LogP contribution in [0.3, 0.4) is 0 Å². The lowest BCUT2D eigenvalue weighted by Crippen LogP contribution is -2.32. The zero-order valence-corrected chi connectivity index (χ0v) is 13.6. The number of rotatable bonds is 5. The van der Waals surface area contributed by atoms with Crippen LogP contribution in [-0.4, -0.2) is 33.0 Å². The van der Waals surface area contributed by atoms with Gasteiger partial charge in [0.2, 0.25) is 5.91 Å². The molecular formula is C16H20N4OS. The van der Waals surface area contributed by atoms with Crippen LogP contribution in [0.15, 0.2) is 35.5 Å². The number of benzene rings is 1. The van der Waals surface area contributed by atoms with Crippen molar-refractivity contribution in [3.63, 3.8) is 0 Å². The number of carbonyl (C=O) groups excluding carboxylic acids is 1. The van der Waals surface area contributed by atoms with Crippen molar-refractivity contribution >= 4 is 17.7 Å². The van der Waals surface area contributed by atoms with Crippen molar-refractivity contribution in [3.8, 4) is 0 Å². The maximum atomic E-state index is 12.4. The van der Waals surface area contributed by atoms with Gasteiger partial charge in [0.05, 0.1) is 5.92 Å². The Hall–Kier alpha value is -1.82. The molecule has 0 radical (unpaired) electrons. The molecule has 0 unspecified atom stereocenters. The molecule has 0 fully saturated rings. The van der Waals surface area contributed by atoms with Crippen LogP contribution in [0.1, 0.15) is 37.1 Å². The number of nitrogens with one attached hydrogen (secondary N) is 1. The normalized spacial score (nSPS) is 16.8. The molecule has 1 N–H and O–H groups in total. The molecule has 0 spiro atoms. The number of carbonyl (C=O) groups is 1. The lowest BCUT2D eigenvalue weighted by atomic mass is 10.0. The molecule has 22 heavy (non-hydrogen) atoms. The predicted octanol–water partition coefficient (Wildman–Crippen LogP) is 2.41. The van der Waals surface area contributed by atoms with Crippen molar-refractivity contribution in [1.29, 1.82) is 0 Å². The molecule has 116 valence electrons. The highest BCUT2D eigenvalue weighted by Crippen LogP contribution is 2.39. The van der Waals surface area contributed by atoms with E-state index in [9.17, 15) is 4.79 Å². The summed E-state index contributed by atoms with van der Waals surface area (Å²) in [4.78, 5) is 13.6. The van der Waals surface area contributed by atoms with E-state index in [1.807, 2.05) is 16.7 Å². The molecule has 5 nitrogen and oxygen atoms in total. The number of amides is 1. The van der Waals surface area contributed by atoms with E-state index in [1.165, 1.54) is 4.90 Å². The standard InChI is InChI=1S/C16H20N4OS/c1-11(2)15-19-18-10-20(15)8-7-17-16(21)13-9-22-14-6-4-3-5-12(13)14/h3-6,10-11,13H,7-9H2,1-2H3,(H,17,21)/t13-/m1/s1. The smallest absolute Gasteiger partial charge is 0.228 e. The van der Waals surface area contributed by atoms with E-state index >= 15 is 0 Å². The lowest BCUT2D eigenvalue weighted by molar-refractivity contribution is -0.122. The van der Waals surface area contributed by atoms with Crippen molar-refractivity contribution in [2.45, 2.75) is 37.1 Å². The first-order valence-corrected chi connectivity index (χ1v) is 8.52. The fourth-order valence-corrected chi connectivity index (χ4v) is 3.91. The Labute approximate surface area is 134 Å². The van der Waals surface area contributed by atoms with Crippen molar-refractivity contribution in [3.05, 3.63) is 42.0 Å². The van der Waals surface area contributed by atoms with E-state index in [2.05, 4.69) is 41.5 Å². The molecular weight excluding hydrogens is 296 g/mol. The molecule has 1 aliphatic rings. The van der Waals surface area contributed by atoms with Crippen LogP contribution in [0.25, 0.3) is 0 Å². The molecule has 1 aromatic heterocycles. The van der Waals surface area contributed by atoms with Crippen LogP contribution in [-0.2, 0) is 11.3 Å². The Morgan fingerprint density at radius 3 is 3.09 bits per heavy atom. The second kappa shape index (κ2) is 6.52. The van der Waals surface area contributed by atoms with Crippen molar-refractivity contribution in [1.82, 2.24) is 20.1 Å². The molecule has 1 aliphatic heterocycles. The fourth-order valence-electron chi connectivity index (χ4n) is 2.69. The highest BCUT2D eigenvalue weighted by Gasteiger charge is 2.28. The largest absolute Gasteiger partial charge is 0.354 e. The van der Waals surface area contributed by atoms with E-state index in [0.29, 0.717) is 19.0 Å². The average Bonchev–Trinajstić information content (AvgIpc) is 3.13. The Balaban J connectivity index is 1.56. The minimum absolute atomic E-state index is 0.0355. The van der Waals surface area contributed by atoms with E-state index in [-0.39, 0.29) is 11.8 Å². The predicted molar refractivity (Wildman–Crippen MR) is 87.0 cm³/mol. The maximum absolute atomic E-state index is 12.4. The first-order chi connectivity index (χ1) is 10.7. The van der Waals surface area contributed by atoms with E-state index in [0.717, 1.165) is 17.1 Å². The van der Waals surface area contributed by atoms with E-state index < -0.39 is 0 Å². The zero-order chi connectivity index (χ0) is 15.5. The zero-order valence-electron chi connectivity index (χ0n) is 12.8. The van der Waals surface area contributed by atoms with E-state index in [4.69, 9.17) is 0 Å². The number of aromatic nitrogens is 3. The lowest BCUT2D eigenvalue weighted by Gasteiger charge is -2.13. The van der Waals surface area contributed by atoms with Gasteiger partial charge in [-0.1, -0.05) is 32.0 Å². The first kappa shape index (κ1) is 15.1. The van der Waals surface area contributed by atoms with Crippen LogP contribution in [0.5, 0.6) is 0 Å². The van der Waals surface area contributed by atoms with Gasteiger partial charge >= 0.3 is 0 Å². The first-order valence-electron chi connectivity index (χ1n) is 7.54. The molecule has 0 saturated heterocycles. The quantitative estimate of drug-likeness (QED) is 0.920. The number of nitrogens with zero attached hydrogens (tertiary/aromatic N) is 3. The number of hydrogen-bond donors (Lipinski definition) is 1. The number of thioether (sulfide) groups is 1. The summed E-state index contributed by atoms with van der Waals surface area (Å²) in [6.45, 7) is 5.48. The van der Waals surface area contributed by atoms with Crippen molar-refractivity contribution < 1.29 is 4.79 Å². The van der Waals surface area contributed by atoms with Crippen molar-refractivity contribution in [2.24, 2.45) is 0 Å². The molecule has 0 bridgehead atoms. The van der Waals surface area contributed by atoms with Crippen LogP contribution in [0, 0.1) is 0 Å². The van der Waals surface area contributed by atoms with E-state index in [1.54, 1.807) is 18.1 Å².